The van der Waals surface area contributed by atoms with Crippen LogP contribution in [-0.2, 0) is 4.79 Å². The van der Waals surface area contributed by atoms with Crippen LogP contribution in [0.2, 0.25) is 0 Å². The van der Waals surface area contributed by atoms with E-state index in [-0.39, 0.29) is 30.3 Å². The standard InChI is InChI=1S/C20H16N2O4.ClH/c23-19(22-18-9-5-4-8-16(18)20(24)25)13-26-15-10-11-17(21-12-15)14-6-2-1-3-7-14;/h1-12H,13H2,(H,22,23)(H,24,25);1H. The molecule has 1 amide bonds. The van der Waals surface area contributed by atoms with Crippen LogP contribution in [0.1, 0.15) is 10.4 Å². The van der Waals surface area contributed by atoms with Gasteiger partial charge in [0.15, 0.2) is 6.61 Å². The smallest absolute Gasteiger partial charge is 0.337 e. The van der Waals surface area contributed by atoms with E-state index in [1.165, 1.54) is 12.1 Å². The second-order valence-corrected chi connectivity index (χ2v) is 5.43. The number of aromatic carboxylic acids is 1. The summed E-state index contributed by atoms with van der Waals surface area (Å²) in [6, 6.07) is 19.4. The minimum atomic E-state index is -1.11. The second-order valence-electron chi connectivity index (χ2n) is 5.43. The van der Waals surface area contributed by atoms with Crippen LogP contribution in [0.3, 0.4) is 0 Å². The predicted octanol–water partition coefficient (Wildman–Crippen LogP) is 3.89. The third kappa shape index (κ3) is 5.29. The summed E-state index contributed by atoms with van der Waals surface area (Å²) in [6.45, 7) is -0.250. The minimum Gasteiger partial charge on any atom is -0.482 e. The highest BCUT2D eigenvalue weighted by molar-refractivity contribution is 6.00. The van der Waals surface area contributed by atoms with E-state index < -0.39 is 11.9 Å². The Bertz CT molecular complexity index is 915. The van der Waals surface area contributed by atoms with E-state index in [1.54, 1.807) is 24.4 Å². The lowest BCUT2D eigenvalue weighted by Gasteiger charge is -2.09. The number of hydrogen-bond donors (Lipinski definition) is 2. The summed E-state index contributed by atoms with van der Waals surface area (Å²) in [5, 5.41) is 11.6. The lowest BCUT2D eigenvalue weighted by molar-refractivity contribution is -0.118. The molecule has 3 aromatic rings. The van der Waals surface area contributed by atoms with Crippen LogP contribution in [-0.4, -0.2) is 28.6 Å². The maximum Gasteiger partial charge on any atom is 0.337 e. The van der Waals surface area contributed by atoms with Crippen LogP contribution in [0, 0.1) is 0 Å². The molecule has 0 saturated carbocycles. The molecular formula is C20H17ClN2O4. The Labute approximate surface area is 162 Å². The molecule has 0 saturated heterocycles. The quantitative estimate of drug-likeness (QED) is 0.673. The van der Waals surface area contributed by atoms with Crippen LogP contribution in [0.15, 0.2) is 72.9 Å². The van der Waals surface area contributed by atoms with Crippen molar-refractivity contribution in [2.45, 2.75) is 0 Å². The highest BCUT2D eigenvalue weighted by Crippen LogP contribution is 2.19. The molecule has 0 aliphatic rings. The molecule has 6 nitrogen and oxygen atoms in total. The van der Waals surface area contributed by atoms with Crippen LogP contribution < -0.4 is 10.1 Å². The number of carboxylic acids is 1. The number of rotatable bonds is 6. The highest BCUT2D eigenvalue weighted by Gasteiger charge is 2.12. The van der Waals surface area contributed by atoms with E-state index in [1.807, 2.05) is 36.4 Å². The van der Waals surface area contributed by atoms with Gasteiger partial charge in [0.05, 0.1) is 23.1 Å². The van der Waals surface area contributed by atoms with Crippen molar-refractivity contribution in [3.05, 3.63) is 78.5 Å². The lowest BCUT2D eigenvalue weighted by Crippen LogP contribution is -2.21. The van der Waals surface area contributed by atoms with Crippen molar-refractivity contribution in [1.82, 2.24) is 4.98 Å². The second kappa shape index (κ2) is 9.35. The number of carbonyl (C=O) groups excluding carboxylic acids is 1. The van der Waals surface area contributed by atoms with Crippen molar-refractivity contribution in [2.24, 2.45) is 0 Å². The Balaban J connectivity index is 0.00000261. The number of aromatic nitrogens is 1. The van der Waals surface area contributed by atoms with Crippen molar-refractivity contribution >= 4 is 30.0 Å². The maximum absolute atomic E-state index is 12.0. The Kier molecular flexibility index (Phi) is 6.91. The Hall–Kier alpha value is -3.38. The van der Waals surface area contributed by atoms with Gasteiger partial charge in [-0.2, -0.15) is 0 Å². The Morgan fingerprint density at radius 2 is 1.67 bits per heavy atom. The number of amides is 1. The largest absolute Gasteiger partial charge is 0.482 e. The molecular weight excluding hydrogens is 368 g/mol. The molecule has 0 bridgehead atoms. The third-order valence-corrected chi connectivity index (χ3v) is 3.61. The molecule has 1 aromatic heterocycles. The van der Waals surface area contributed by atoms with Gasteiger partial charge in [0.1, 0.15) is 5.75 Å². The van der Waals surface area contributed by atoms with Gasteiger partial charge in [-0.25, -0.2) is 4.79 Å². The molecule has 1 heterocycles. The number of benzene rings is 2. The van der Waals surface area contributed by atoms with Gasteiger partial charge in [-0.1, -0.05) is 42.5 Å². The first-order valence-electron chi connectivity index (χ1n) is 7.90. The molecule has 2 aromatic carbocycles. The number of anilines is 1. The minimum absolute atomic E-state index is 0. The van der Waals surface area contributed by atoms with Crippen LogP contribution in [0.5, 0.6) is 5.75 Å². The summed E-state index contributed by atoms with van der Waals surface area (Å²) in [7, 11) is 0. The zero-order valence-corrected chi connectivity index (χ0v) is 15.0. The van der Waals surface area contributed by atoms with Gasteiger partial charge in [0.25, 0.3) is 5.91 Å². The van der Waals surface area contributed by atoms with Crippen LogP contribution in [0.25, 0.3) is 11.3 Å². The number of pyridine rings is 1. The molecule has 7 heteroatoms. The number of nitrogens with zero attached hydrogens (tertiary/aromatic N) is 1. The molecule has 0 radical (unpaired) electrons. The Morgan fingerprint density at radius 1 is 0.963 bits per heavy atom. The SMILES string of the molecule is Cl.O=C(COc1ccc(-c2ccccc2)nc1)Nc1ccccc1C(=O)O. The van der Waals surface area contributed by atoms with Gasteiger partial charge >= 0.3 is 5.97 Å². The first-order chi connectivity index (χ1) is 12.6. The maximum atomic E-state index is 12.0. The molecule has 0 spiro atoms. The van der Waals surface area contributed by atoms with Gasteiger partial charge in [0.2, 0.25) is 0 Å². The van der Waals surface area contributed by atoms with Crippen molar-refractivity contribution in [3.63, 3.8) is 0 Å². The van der Waals surface area contributed by atoms with Gasteiger partial charge in [-0.15, -0.1) is 12.4 Å². The van der Waals surface area contributed by atoms with E-state index in [4.69, 9.17) is 9.84 Å². The topological polar surface area (TPSA) is 88.5 Å². The number of halogens is 1. The molecule has 0 fully saturated rings. The summed E-state index contributed by atoms with van der Waals surface area (Å²) in [5.74, 6) is -1.11. The summed E-state index contributed by atoms with van der Waals surface area (Å²) in [5.41, 5.74) is 2.04. The summed E-state index contributed by atoms with van der Waals surface area (Å²) < 4.78 is 5.41. The van der Waals surface area contributed by atoms with E-state index in [0.717, 1.165) is 11.3 Å². The first kappa shape index (κ1) is 19.9. The number of ether oxygens (including phenoxy) is 1. The zero-order valence-electron chi connectivity index (χ0n) is 14.2. The molecule has 2 N–H and O–H groups in total. The number of nitrogens with one attached hydrogen (secondary N) is 1. The lowest BCUT2D eigenvalue weighted by atomic mass is 10.1. The highest BCUT2D eigenvalue weighted by atomic mass is 35.5. The van der Waals surface area contributed by atoms with Gasteiger partial charge in [-0.05, 0) is 24.3 Å². The van der Waals surface area contributed by atoms with Crippen molar-refractivity contribution in [1.29, 1.82) is 0 Å². The fourth-order valence-electron chi connectivity index (χ4n) is 2.36. The predicted molar refractivity (Wildman–Crippen MR) is 104 cm³/mol. The molecule has 0 unspecified atom stereocenters. The van der Waals surface area contributed by atoms with Gasteiger partial charge in [-0.3, -0.25) is 9.78 Å². The van der Waals surface area contributed by atoms with Crippen molar-refractivity contribution in [2.75, 3.05) is 11.9 Å². The normalized spacial score (nSPS) is 9.78. The average Bonchev–Trinajstić information content (AvgIpc) is 2.68. The molecule has 3 rings (SSSR count). The van der Waals surface area contributed by atoms with Gasteiger partial charge < -0.3 is 15.2 Å². The third-order valence-electron chi connectivity index (χ3n) is 3.61. The van der Waals surface area contributed by atoms with Crippen molar-refractivity contribution in [3.8, 4) is 17.0 Å². The van der Waals surface area contributed by atoms with Crippen LogP contribution in [0.4, 0.5) is 5.69 Å². The summed E-state index contributed by atoms with van der Waals surface area (Å²) in [4.78, 5) is 27.5. The number of carbonyl (C=O) groups is 2. The number of para-hydroxylation sites is 1. The Morgan fingerprint density at radius 3 is 2.33 bits per heavy atom. The fraction of sp³-hybridized carbons (Fsp3) is 0.0500. The molecule has 138 valence electrons. The molecule has 27 heavy (non-hydrogen) atoms. The average molecular weight is 385 g/mol. The fourth-order valence-corrected chi connectivity index (χ4v) is 2.36. The molecule has 0 atom stereocenters. The monoisotopic (exact) mass is 384 g/mol. The van der Waals surface area contributed by atoms with E-state index >= 15 is 0 Å². The zero-order chi connectivity index (χ0) is 18.4. The van der Waals surface area contributed by atoms with E-state index in [2.05, 4.69) is 10.3 Å². The summed E-state index contributed by atoms with van der Waals surface area (Å²) in [6.07, 6.45) is 1.54. The number of carboxylic acid groups (broad SMARTS) is 1. The first-order valence-corrected chi connectivity index (χ1v) is 7.90. The summed E-state index contributed by atoms with van der Waals surface area (Å²) >= 11 is 0. The number of hydrogen-bond acceptors (Lipinski definition) is 4. The molecule has 0 aliphatic carbocycles. The van der Waals surface area contributed by atoms with Gasteiger partial charge in [0, 0.05) is 5.56 Å². The van der Waals surface area contributed by atoms with Crippen LogP contribution >= 0.6 is 12.4 Å². The van der Waals surface area contributed by atoms with E-state index in [0.29, 0.717) is 5.75 Å². The van der Waals surface area contributed by atoms with E-state index in [9.17, 15) is 9.59 Å². The molecule has 0 aliphatic heterocycles. The van der Waals surface area contributed by atoms with Crippen molar-refractivity contribution < 1.29 is 19.4 Å².